The van der Waals surface area contributed by atoms with E-state index in [1.165, 1.54) is 18.2 Å². The molecule has 7 nitrogen and oxygen atoms in total. The van der Waals surface area contributed by atoms with Crippen LogP contribution in [0.5, 0.6) is 0 Å². The highest BCUT2D eigenvalue weighted by molar-refractivity contribution is 9.10. The van der Waals surface area contributed by atoms with Gasteiger partial charge in [-0.2, -0.15) is 0 Å². The van der Waals surface area contributed by atoms with E-state index < -0.39 is 4.92 Å². The number of anilines is 1. The van der Waals surface area contributed by atoms with Gasteiger partial charge in [-0.1, -0.05) is 0 Å². The van der Waals surface area contributed by atoms with Gasteiger partial charge in [0.05, 0.1) is 17.2 Å². The quantitative estimate of drug-likeness (QED) is 0.634. The number of nitrogens with zero attached hydrogens (tertiary/aromatic N) is 2. The average molecular weight is 343 g/mol. The van der Waals surface area contributed by atoms with Crippen molar-refractivity contribution in [2.24, 2.45) is 0 Å². The Hall–Kier alpha value is -1.51. The number of nitro groups is 1. The lowest BCUT2D eigenvalue weighted by Crippen LogP contribution is -2.46. The van der Waals surface area contributed by atoms with Crippen LogP contribution in [0.4, 0.5) is 11.4 Å². The molecule has 8 heteroatoms. The zero-order chi connectivity index (χ0) is 14.5. The maximum absolute atomic E-state index is 11.9. The van der Waals surface area contributed by atoms with Crippen molar-refractivity contribution in [3.05, 3.63) is 32.8 Å². The predicted octanol–water partition coefficient (Wildman–Crippen LogP) is 1.20. The standard InChI is InChI=1S/C12H15BrN4O3/c13-10-7-9(17(19)20)1-2-11(10)15-12(18)8-16-5-3-14-4-6-16/h1-2,7,14H,3-6,8H2,(H,15,18). The molecule has 0 radical (unpaired) electrons. The van der Waals surface area contributed by atoms with Gasteiger partial charge in [-0.3, -0.25) is 19.8 Å². The summed E-state index contributed by atoms with van der Waals surface area (Å²) >= 11 is 3.23. The number of amides is 1. The molecule has 20 heavy (non-hydrogen) atoms. The summed E-state index contributed by atoms with van der Waals surface area (Å²) in [5, 5.41) is 16.6. The fourth-order valence-corrected chi connectivity index (χ4v) is 2.45. The van der Waals surface area contributed by atoms with Gasteiger partial charge < -0.3 is 10.6 Å². The number of nitrogens with one attached hydrogen (secondary N) is 2. The summed E-state index contributed by atoms with van der Waals surface area (Å²) in [6, 6.07) is 4.27. The van der Waals surface area contributed by atoms with Gasteiger partial charge in [0.15, 0.2) is 0 Å². The molecule has 1 saturated heterocycles. The third-order valence-electron chi connectivity index (χ3n) is 3.01. The number of halogens is 1. The van der Waals surface area contributed by atoms with Crippen LogP contribution < -0.4 is 10.6 Å². The van der Waals surface area contributed by atoms with Crippen molar-refractivity contribution in [2.75, 3.05) is 38.0 Å². The molecule has 1 aliphatic rings. The molecule has 0 saturated carbocycles. The number of rotatable bonds is 4. The Morgan fingerprint density at radius 1 is 1.45 bits per heavy atom. The van der Waals surface area contributed by atoms with E-state index in [0.717, 1.165) is 26.2 Å². The molecule has 0 bridgehead atoms. The van der Waals surface area contributed by atoms with Crippen molar-refractivity contribution in [2.45, 2.75) is 0 Å². The number of hydrogen-bond acceptors (Lipinski definition) is 5. The van der Waals surface area contributed by atoms with Crippen LogP contribution in [-0.2, 0) is 4.79 Å². The molecule has 1 amide bonds. The fourth-order valence-electron chi connectivity index (χ4n) is 1.98. The van der Waals surface area contributed by atoms with Gasteiger partial charge in [-0.15, -0.1) is 0 Å². The first kappa shape index (κ1) is 14.9. The van der Waals surface area contributed by atoms with Crippen LogP contribution in [0.15, 0.2) is 22.7 Å². The second kappa shape index (κ2) is 6.78. The number of benzene rings is 1. The molecular formula is C12H15BrN4O3. The third kappa shape index (κ3) is 3.99. The Labute approximate surface area is 124 Å². The second-order valence-electron chi connectivity index (χ2n) is 4.50. The van der Waals surface area contributed by atoms with Crippen LogP contribution in [0.2, 0.25) is 0 Å². The molecule has 2 rings (SSSR count). The summed E-state index contributed by atoms with van der Waals surface area (Å²) in [5.41, 5.74) is 0.521. The van der Waals surface area contributed by atoms with Crippen molar-refractivity contribution in [1.82, 2.24) is 10.2 Å². The van der Waals surface area contributed by atoms with E-state index >= 15 is 0 Å². The molecule has 2 N–H and O–H groups in total. The topological polar surface area (TPSA) is 87.5 Å². The first-order valence-corrected chi connectivity index (χ1v) is 7.02. The highest BCUT2D eigenvalue weighted by Gasteiger charge is 2.15. The Bertz CT molecular complexity index is 517. The van der Waals surface area contributed by atoms with Crippen LogP contribution in [0.3, 0.4) is 0 Å². The fraction of sp³-hybridized carbons (Fsp3) is 0.417. The van der Waals surface area contributed by atoms with Crippen molar-refractivity contribution in [3.63, 3.8) is 0 Å². The first-order chi connectivity index (χ1) is 9.56. The van der Waals surface area contributed by atoms with Gasteiger partial charge >= 0.3 is 0 Å². The SMILES string of the molecule is O=C(CN1CCNCC1)Nc1ccc([N+](=O)[O-])cc1Br. The highest BCUT2D eigenvalue weighted by atomic mass is 79.9. The number of hydrogen-bond donors (Lipinski definition) is 2. The van der Waals surface area contributed by atoms with Gasteiger partial charge in [0.25, 0.3) is 5.69 Å². The molecular weight excluding hydrogens is 328 g/mol. The Kier molecular flexibility index (Phi) is 5.05. The van der Waals surface area contributed by atoms with Gasteiger partial charge in [-0.05, 0) is 22.0 Å². The van der Waals surface area contributed by atoms with Gasteiger partial charge in [0.1, 0.15) is 0 Å². The molecule has 1 aromatic carbocycles. The van der Waals surface area contributed by atoms with Crippen LogP contribution in [0, 0.1) is 10.1 Å². The normalized spacial score (nSPS) is 15.8. The molecule has 0 aromatic heterocycles. The van der Waals surface area contributed by atoms with E-state index in [2.05, 4.69) is 31.5 Å². The van der Waals surface area contributed by atoms with E-state index in [4.69, 9.17) is 0 Å². The van der Waals surface area contributed by atoms with Crippen LogP contribution in [-0.4, -0.2) is 48.5 Å². The monoisotopic (exact) mass is 342 g/mol. The lowest BCUT2D eigenvalue weighted by Gasteiger charge is -2.26. The van der Waals surface area contributed by atoms with E-state index in [9.17, 15) is 14.9 Å². The summed E-state index contributed by atoms with van der Waals surface area (Å²) in [6.07, 6.45) is 0. The molecule has 108 valence electrons. The average Bonchev–Trinajstić information content (AvgIpc) is 2.42. The predicted molar refractivity (Wildman–Crippen MR) is 78.7 cm³/mol. The zero-order valence-corrected chi connectivity index (χ0v) is 12.4. The lowest BCUT2D eigenvalue weighted by atomic mass is 10.3. The molecule has 0 spiro atoms. The molecule has 1 aliphatic heterocycles. The molecule has 1 aromatic rings. The maximum Gasteiger partial charge on any atom is 0.270 e. The van der Waals surface area contributed by atoms with Crippen molar-refractivity contribution in [3.8, 4) is 0 Å². The Balaban J connectivity index is 1.95. The third-order valence-corrected chi connectivity index (χ3v) is 3.67. The molecule has 0 aliphatic carbocycles. The molecule has 1 heterocycles. The van der Waals surface area contributed by atoms with Gasteiger partial charge in [0.2, 0.25) is 5.91 Å². The highest BCUT2D eigenvalue weighted by Crippen LogP contribution is 2.27. The van der Waals surface area contributed by atoms with Crippen molar-refractivity contribution < 1.29 is 9.72 Å². The summed E-state index contributed by atoms with van der Waals surface area (Å²) in [6.45, 7) is 3.78. The smallest absolute Gasteiger partial charge is 0.270 e. The van der Waals surface area contributed by atoms with E-state index in [1.807, 2.05) is 0 Å². The van der Waals surface area contributed by atoms with Gasteiger partial charge in [-0.25, -0.2) is 0 Å². The molecule has 0 atom stereocenters. The molecule has 0 unspecified atom stereocenters. The second-order valence-corrected chi connectivity index (χ2v) is 5.35. The van der Waals surface area contributed by atoms with Crippen LogP contribution >= 0.6 is 15.9 Å². The zero-order valence-electron chi connectivity index (χ0n) is 10.8. The number of piperazine rings is 1. The summed E-state index contributed by atoms with van der Waals surface area (Å²) in [7, 11) is 0. The van der Waals surface area contributed by atoms with E-state index in [0.29, 0.717) is 16.7 Å². The minimum atomic E-state index is -0.475. The van der Waals surface area contributed by atoms with Crippen molar-refractivity contribution >= 4 is 33.2 Å². The molecule has 1 fully saturated rings. The number of non-ortho nitro benzene ring substituents is 1. The number of carbonyl (C=O) groups excluding carboxylic acids is 1. The number of nitro benzene ring substituents is 1. The lowest BCUT2D eigenvalue weighted by molar-refractivity contribution is -0.384. The summed E-state index contributed by atoms with van der Waals surface area (Å²) in [4.78, 5) is 24.1. The minimum absolute atomic E-state index is 0.0167. The van der Waals surface area contributed by atoms with Gasteiger partial charge in [0, 0.05) is 42.8 Å². The largest absolute Gasteiger partial charge is 0.324 e. The van der Waals surface area contributed by atoms with E-state index in [1.54, 1.807) is 0 Å². The summed E-state index contributed by atoms with van der Waals surface area (Å²) in [5.74, 6) is -0.124. The van der Waals surface area contributed by atoms with E-state index in [-0.39, 0.29) is 11.6 Å². The minimum Gasteiger partial charge on any atom is -0.324 e. The number of carbonyl (C=O) groups is 1. The summed E-state index contributed by atoms with van der Waals surface area (Å²) < 4.78 is 0.500. The van der Waals surface area contributed by atoms with Crippen LogP contribution in [0.25, 0.3) is 0 Å². The Morgan fingerprint density at radius 2 is 2.15 bits per heavy atom. The van der Waals surface area contributed by atoms with Crippen LogP contribution in [0.1, 0.15) is 0 Å². The maximum atomic E-state index is 11.9. The first-order valence-electron chi connectivity index (χ1n) is 6.23. The Morgan fingerprint density at radius 3 is 2.75 bits per heavy atom. The van der Waals surface area contributed by atoms with Crippen molar-refractivity contribution in [1.29, 1.82) is 0 Å².